The van der Waals surface area contributed by atoms with E-state index in [2.05, 4.69) is 15.6 Å². The van der Waals surface area contributed by atoms with Crippen LogP contribution < -0.4 is 20.3 Å². The molecule has 0 saturated heterocycles. The zero-order valence-corrected chi connectivity index (χ0v) is 15.1. The predicted octanol–water partition coefficient (Wildman–Crippen LogP) is 1.56. The van der Waals surface area contributed by atoms with Crippen LogP contribution in [0.4, 0.5) is 0 Å². The molecule has 1 amide bonds. The molecule has 0 bridgehead atoms. The van der Waals surface area contributed by atoms with E-state index < -0.39 is 6.04 Å². The van der Waals surface area contributed by atoms with Crippen molar-refractivity contribution in [2.75, 3.05) is 20.3 Å². The molecule has 1 N–H and O–H groups in total. The molecule has 8 nitrogen and oxygen atoms in total. The average molecular weight is 368 g/mol. The molecule has 1 atom stereocenters. The molecule has 0 saturated carbocycles. The summed E-state index contributed by atoms with van der Waals surface area (Å²) in [6.45, 7) is 2.13. The highest BCUT2D eigenvalue weighted by atomic mass is 16.5. The molecule has 2 aromatic carbocycles. The third-order valence-electron chi connectivity index (χ3n) is 4.07. The minimum absolute atomic E-state index is 0.261. The van der Waals surface area contributed by atoms with Gasteiger partial charge in [0.25, 0.3) is 5.56 Å². The molecule has 1 aromatic heterocycles. The number of benzene rings is 2. The molecule has 1 heterocycles. The molecule has 8 heteroatoms. The minimum atomic E-state index is -0.791. The first-order chi connectivity index (χ1) is 13.1. The van der Waals surface area contributed by atoms with E-state index in [0.29, 0.717) is 22.4 Å². The molecule has 0 aliphatic heterocycles. The summed E-state index contributed by atoms with van der Waals surface area (Å²) in [4.78, 5) is 24.8. The number of nitrogens with one attached hydrogen (secondary N) is 1. The van der Waals surface area contributed by atoms with Crippen LogP contribution >= 0.6 is 0 Å². The van der Waals surface area contributed by atoms with E-state index in [1.165, 1.54) is 0 Å². The van der Waals surface area contributed by atoms with Crippen LogP contribution in [0.5, 0.6) is 11.5 Å². The van der Waals surface area contributed by atoms with Crippen LogP contribution in [0.2, 0.25) is 0 Å². The molecule has 3 aromatic rings. The van der Waals surface area contributed by atoms with Crippen LogP contribution in [0.3, 0.4) is 0 Å². The predicted molar refractivity (Wildman–Crippen MR) is 100 cm³/mol. The molecule has 0 unspecified atom stereocenters. The van der Waals surface area contributed by atoms with Gasteiger partial charge in [-0.3, -0.25) is 9.59 Å². The van der Waals surface area contributed by atoms with Gasteiger partial charge in [0.15, 0.2) is 11.5 Å². The first-order valence-electron chi connectivity index (χ1n) is 8.49. The van der Waals surface area contributed by atoms with Crippen LogP contribution in [0.1, 0.15) is 13.0 Å². The molecule has 0 fully saturated rings. The number of hydrogen-bond acceptors (Lipinski definition) is 6. The first-order valence-corrected chi connectivity index (χ1v) is 8.49. The third-order valence-corrected chi connectivity index (χ3v) is 4.07. The monoisotopic (exact) mass is 368 g/mol. The molecule has 0 aliphatic carbocycles. The Balaban J connectivity index is 1.60. The Bertz CT molecular complexity index is 1000. The number of methoxy groups -OCH3 is 1. The van der Waals surface area contributed by atoms with Gasteiger partial charge in [-0.1, -0.05) is 29.5 Å². The second-order valence-corrected chi connectivity index (χ2v) is 5.82. The highest BCUT2D eigenvalue weighted by molar-refractivity contribution is 5.81. The smallest absolute Gasteiger partial charge is 0.278 e. The van der Waals surface area contributed by atoms with Crippen LogP contribution in [0.15, 0.2) is 53.3 Å². The van der Waals surface area contributed by atoms with Gasteiger partial charge in [0.05, 0.1) is 19.0 Å². The lowest BCUT2D eigenvalue weighted by atomic mass is 10.2. The van der Waals surface area contributed by atoms with Crippen molar-refractivity contribution in [1.29, 1.82) is 0 Å². The van der Waals surface area contributed by atoms with E-state index in [1.54, 1.807) is 50.4 Å². The lowest BCUT2D eigenvalue weighted by Crippen LogP contribution is -2.39. The Morgan fingerprint density at radius 1 is 1.15 bits per heavy atom. The maximum absolute atomic E-state index is 12.5. The van der Waals surface area contributed by atoms with Crippen molar-refractivity contribution >= 4 is 16.8 Å². The number of aromatic nitrogens is 3. The minimum Gasteiger partial charge on any atom is -0.493 e. The van der Waals surface area contributed by atoms with Gasteiger partial charge in [0.2, 0.25) is 5.91 Å². The van der Waals surface area contributed by atoms with Crippen LogP contribution in [0.25, 0.3) is 10.9 Å². The average Bonchev–Trinajstić information content (AvgIpc) is 2.71. The fourth-order valence-corrected chi connectivity index (χ4v) is 2.59. The van der Waals surface area contributed by atoms with Gasteiger partial charge in [-0.2, -0.15) is 4.68 Å². The summed E-state index contributed by atoms with van der Waals surface area (Å²) >= 11 is 0. The van der Waals surface area contributed by atoms with Gasteiger partial charge in [-0.15, -0.1) is 5.10 Å². The summed E-state index contributed by atoms with van der Waals surface area (Å²) in [7, 11) is 1.56. The molecular formula is C19H20N4O4. The summed E-state index contributed by atoms with van der Waals surface area (Å²) in [5, 5.41) is 11.0. The normalized spacial score (nSPS) is 11.8. The van der Waals surface area contributed by atoms with Crippen LogP contribution in [-0.2, 0) is 4.79 Å². The van der Waals surface area contributed by atoms with Crippen molar-refractivity contribution in [1.82, 2.24) is 20.3 Å². The highest BCUT2D eigenvalue weighted by Crippen LogP contribution is 2.25. The number of amides is 1. The highest BCUT2D eigenvalue weighted by Gasteiger charge is 2.18. The molecule has 140 valence electrons. The van der Waals surface area contributed by atoms with Crippen molar-refractivity contribution in [2.24, 2.45) is 0 Å². The van der Waals surface area contributed by atoms with E-state index in [1.807, 2.05) is 12.1 Å². The maximum Gasteiger partial charge on any atom is 0.278 e. The second-order valence-electron chi connectivity index (χ2n) is 5.82. The number of carbonyl (C=O) groups is 1. The number of nitrogens with zero attached hydrogens (tertiary/aromatic N) is 3. The third kappa shape index (κ3) is 4.05. The number of carbonyl (C=O) groups excluding carboxylic acids is 1. The Labute approximate surface area is 155 Å². The van der Waals surface area contributed by atoms with Crippen molar-refractivity contribution in [3.8, 4) is 11.5 Å². The fraction of sp³-hybridized carbons (Fsp3) is 0.263. The van der Waals surface area contributed by atoms with E-state index in [9.17, 15) is 9.59 Å². The number of para-hydroxylation sites is 2. The molecule has 27 heavy (non-hydrogen) atoms. The van der Waals surface area contributed by atoms with Gasteiger partial charge in [0, 0.05) is 0 Å². The van der Waals surface area contributed by atoms with Gasteiger partial charge < -0.3 is 14.8 Å². The standard InChI is InChI=1S/C19H20N4O4/c1-13(23-19(25)14-7-3-4-8-15(14)21-22-23)18(24)20-11-12-27-17-10-6-5-9-16(17)26-2/h3-10,13H,11-12H2,1-2H3,(H,20,24)/t13-/m0/s1. The molecule has 0 spiro atoms. The largest absolute Gasteiger partial charge is 0.493 e. The van der Waals surface area contributed by atoms with Crippen LogP contribution in [-0.4, -0.2) is 41.2 Å². The SMILES string of the molecule is COc1ccccc1OCCNC(=O)[C@H](C)n1nnc2ccccc2c1=O. The summed E-state index contributed by atoms with van der Waals surface area (Å²) < 4.78 is 11.9. The first kappa shape index (κ1) is 18.4. The van der Waals surface area contributed by atoms with E-state index in [0.717, 1.165) is 4.68 Å². The summed E-state index contributed by atoms with van der Waals surface area (Å²) in [6.07, 6.45) is 0. The van der Waals surface area contributed by atoms with Gasteiger partial charge in [0.1, 0.15) is 18.2 Å². The molecule has 0 radical (unpaired) electrons. The molecule has 3 rings (SSSR count). The molecule has 0 aliphatic rings. The van der Waals surface area contributed by atoms with Crippen molar-refractivity contribution in [3.05, 3.63) is 58.9 Å². The lowest BCUT2D eigenvalue weighted by molar-refractivity contribution is -0.124. The maximum atomic E-state index is 12.5. The fourth-order valence-electron chi connectivity index (χ4n) is 2.59. The summed E-state index contributed by atoms with van der Waals surface area (Å²) in [5.41, 5.74) is 0.144. The van der Waals surface area contributed by atoms with Crippen LogP contribution in [0, 0.1) is 0 Å². The van der Waals surface area contributed by atoms with Crippen molar-refractivity contribution in [3.63, 3.8) is 0 Å². The lowest BCUT2D eigenvalue weighted by Gasteiger charge is -2.14. The number of hydrogen-bond donors (Lipinski definition) is 1. The number of rotatable bonds is 7. The second kappa shape index (κ2) is 8.31. The molecular weight excluding hydrogens is 348 g/mol. The topological polar surface area (TPSA) is 95.3 Å². The van der Waals surface area contributed by atoms with Crippen molar-refractivity contribution < 1.29 is 14.3 Å². The Kier molecular flexibility index (Phi) is 5.65. The Morgan fingerprint density at radius 2 is 1.85 bits per heavy atom. The quantitative estimate of drug-likeness (QED) is 0.636. The van der Waals surface area contributed by atoms with E-state index >= 15 is 0 Å². The zero-order valence-electron chi connectivity index (χ0n) is 15.1. The number of ether oxygens (including phenoxy) is 2. The van der Waals surface area contributed by atoms with E-state index in [4.69, 9.17) is 9.47 Å². The Morgan fingerprint density at radius 3 is 2.63 bits per heavy atom. The Hall–Kier alpha value is -3.42. The summed E-state index contributed by atoms with van der Waals surface area (Å²) in [6, 6.07) is 13.4. The number of fused-ring (bicyclic) bond motifs is 1. The van der Waals surface area contributed by atoms with Gasteiger partial charge in [-0.05, 0) is 31.2 Å². The van der Waals surface area contributed by atoms with Gasteiger partial charge in [-0.25, -0.2) is 0 Å². The zero-order chi connectivity index (χ0) is 19.2. The van der Waals surface area contributed by atoms with E-state index in [-0.39, 0.29) is 24.6 Å². The van der Waals surface area contributed by atoms with Gasteiger partial charge >= 0.3 is 0 Å². The van der Waals surface area contributed by atoms with Crippen molar-refractivity contribution in [2.45, 2.75) is 13.0 Å². The summed E-state index contributed by atoms with van der Waals surface area (Å²) in [5.74, 6) is 0.874.